The third kappa shape index (κ3) is 3.85. The van der Waals surface area contributed by atoms with Crippen molar-refractivity contribution in [2.75, 3.05) is 0 Å². The van der Waals surface area contributed by atoms with Crippen LogP contribution in [0.15, 0.2) is 48.7 Å². The van der Waals surface area contributed by atoms with Crippen LogP contribution in [-0.2, 0) is 11.2 Å². The first kappa shape index (κ1) is 14.6. The summed E-state index contributed by atoms with van der Waals surface area (Å²) in [6, 6.07) is 11.4. The van der Waals surface area contributed by atoms with Crippen molar-refractivity contribution in [1.82, 2.24) is 10.3 Å². The molecule has 1 amide bonds. The smallest absolute Gasteiger partial charge is 0.273 e. The maximum absolute atomic E-state index is 12.0. The van der Waals surface area contributed by atoms with E-state index >= 15 is 0 Å². The van der Waals surface area contributed by atoms with Crippen LogP contribution in [0.1, 0.15) is 24.2 Å². The summed E-state index contributed by atoms with van der Waals surface area (Å²) in [4.78, 5) is 26.6. The molecular formula is C15H15N3O3. The molecule has 1 unspecified atom stereocenters. The topological polar surface area (TPSA) is 85.1 Å². The number of amides is 1. The second-order valence-electron chi connectivity index (χ2n) is 4.61. The number of carbonyl (C=O) groups is 1. The Hall–Kier alpha value is -2.76. The Bertz CT molecular complexity index is 644. The van der Waals surface area contributed by atoms with Gasteiger partial charge in [-0.15, -0.1) is 0 Å². The van der Waals surface area contributed by atoms with Gasteiger partial charge in [0.25, 0.3) is 5.69 Å². The molecule has 1 aromatic carbocycles. The van der Waals surface area contributed by atoms with E-state index in [-0.39, 0.29) is 24.1 Å². The Morgan fingerprint density at radius 1 is 1.29 bits per heavy atom. The fourth-order valence-corrected chi connectivity index (χ4v) is 2.01. The van der Waals surface area contributed by atoms with Crippen LogP contribution in [0, 0.1) is 10.1 Å². The van der Waals surface area contributed by atoms with Gasteiger partial charge in [-0.1, -0.05) is 24.3 Å². The highest BCUT2D eigenvalue weighted by Gasteiger charge is 2.17. The van der Waals surface area contributed by atoms with E-state index < -0.39 is 4.92 Å². The number of hydrogen-bond donors (Lipinski definition) is 1. The quantitative estimate of drug-likeness (QED) is 0.675. The highest BCUT2D eigenvalue weighted by Crippen LogP contribution is 2.18. The van der Waals surface area contributed by atoms with Crippen molar-refractivity contribution >= 4 is 11.6 Å². The Labute approximate surface area is 122 Å². The van der Waals surface area contributed by atoms with Crippen molar-refractivity contribution < 1.29 is 9.72 Å². The number of aromatic nitrogens is 1. The zero-order valence-electron chi connectivity index (χ0n) is 11.5. The summed E-state index contributed by atoms with van der Waals surface area (Å²) >= 11 is 0. The van der Waals surface area contributed by atoms with Crippen molar-refractivity contribution in [3.63, 3.8) is 0 Å². The molecule has 108 valence electrons. The van der Waals surface area contributed by atoms with Crippen LogP contribution >= 0.6 is 0 Å². The summed E-state index contributed by atoms with van der Waals surface area (Å²) in [6.07, 6.45) is 1.62. The fourth-order valence-electron chi connectivity index (χ4n) is 2.01. The van der Waals surface area contributed by atoms with Gasteiger partial charge < -0.3 is 5.32 Å². The third-order valence-corrected chi connectivity index (χ3v) is 3.05. The van der Waals surface area contributed by atoms with E-state index in [1.807, 2.05) is 19.1 Å². The van der Waals surface area contributed by atoms with Crippen LogP contribution in [-0.4, -0.2) is 15.8 Å². The molecule has 1 N–H and O–H groups in total. The molecule has 1 atom stereocenters. The lowest BCUT2D eigenvalue weighted by molar-refractivity contribution is -0.385. The third-order valence-electron chi connectivity index (χ3n) is 3.05. The van der Waals surface area contributed by atoms with Crippen LogP contribution < -0.4 is 5.32 Å². The summed E-state index contributed by atoms with van der Waals surface area (Å²) in [6.45, 7) is 1.82. The Morgan fingerprint density at radius 2 is 2.00 bits per heavy atom. The zero-order valence-corrected chi connectivity index (χ0v) is 11.5. The lowest BCUT2D eigenvalue weighted by atomic mass is 10.1. The SMILES string of the molecule is CC(NC(=O)Cc1ccccc1[N+](=O)[O-])c1ccccn1. The van der Waals surface area contributed by atoms with Gasteiger partial charge in [0.05, 0.1) is 23.1 Å². The van der Waals surface area contributed by atoms with E-state index in [2.05, 4.69) is 10.3 Å². The predicted octanol–water partition coefficient (Wildman–Crippen LogP) is 2.41. The number of benzene rings is 1. The van der Waals surface area contributed by atoms with E-state index in [0.29, 0.717) is 5.56 Å². The molecule has 2 rings (SSSR count). The molecule has 6 heteroatoms. The van der Waals surface area contributed by atoms with Gasteiger partial charge in [0.2, 0.25) is 5.91 Å². The van der Waals surface area contributed by atoms with Crippen molar-refractivity contribution in [2.45, 2.75) is 19.4 Å². The molecule has 6 nitrogen and oxygen atoms in total. The minimum atomic E-state index is -0.481. The van der Waals surface area contributed by atoms with Crippen LogP contribution in [0.2, 0.25) is 0 Å². The Morgan fingerprint density at radius 3 is 2.67 bits per heavy atom. The molecule has 1 aromatic heterocycles. The molecule has 0 aliphatic carbocycles. The summed E-state index contributed by atoms with van der Waals surface area (Å²) in [5.41, 5.74) is 1.10. The minimum Gasteiger partial charge on any atom is -0.348 e. The molecule has 0 saturated heterocycles. The lowest BCUT2D eigenvalue weighted by Crippen LogP contribution is -2.28. The van der Waals surface area contributed by atoms with E-state index in [9.17, 15) is 14.9 Å². The second-order valence-corrected chi connectivity index (χ2v) is 4.61. The number of nitrogens with one attached hydrogen (secondary N) is 1. The monoisotopic (exact) mass is 285 g/mol. The van der Waals surface area contributed by atoms with E-state index in [1.54, 1.807) is 30.5 Å². The maximum atomic E-state index is 12.0. The van der Waals surface area contributed by atoms with Gasteiger partial charge in [0, 0.05) is 17.8 Å². The average Bonchev–Trinajstić information content (AvgIpc) is 2.48. The predicted molar refractivity (Wildman–Crippen MR) is 77.6 cm³/mol. The number of carbonyl (C=O) groups excluding carboxylic acids is 1. The largest absolute Gasteiger partial charge is 0.348 e. The molecule has 0 saturated carbocycles. The summed E-state index contributed by atoms with van der Waals surface area (Å²) < 4.78 is 0. The van der Waals surface area contributed by atoms with Crippen molar-refractivity contribution in [3.8, 4) is 0 Å². The van der Waals surface area contributed by atoms with Gasteiger partial charge in [-0.2, -0.15) is 0 Å². The number of nitro benzene ring substituents is 1. The molecule has 0 bridgehead atoms. The molecule has 0 fully saturated rings. The molecular weight excluding hydrogens is 270 g/mol. The molecule has 1 heterocycles. The van der Waals surface area contributed by atoms with E-state index in [4.69, 9.17) is 0 Å². The van der Waals surface area contributed by atoms with Crippen LogP contribution in [0.25, 0.3) is 0 Å². The first-order chi connectivity index (χ1) is 10.1. The van der Waals surface area contributed by atoms with Crippen molar-refractivity contribution in [1.29, 1.82) is 0 Å². The summed E-state index contributed by atoms with van der Waals surface area (Å²) in [5, 5.41) is 13.7. The number of rotatable bonds is 5. The molecule has 0 spiro atoms. The normalized spacial score (nSPS) is 11.7. The van der Waals surface area contributed by atoms with Crippen molar-refractivity contribution in [2.24, 2.45) is 0 Å². The van der Waals surface area contributed by atoms with Crippen molar-refractivity contribution in [3.05, 3.63) is 70.0 Å². The first-order valence-corrected chi connectivity index (χ1v) is 6.50. The molecule has 21 heavy (non-hydrogen) atoms. The van der Waals surface area contributed by atoms with E-state index in [1.165, 1.54) is 6.07 Å². The highest BCUT2D eigenvalue weighted by molar-refractivity contribution is 5.80. The average molecular weight is 285 g/mol. The number of nitro groups is 1. The Balaban J connectivity index is 2.04. The van der Waals surface area contributed by atoms with Gasteiger partial charge >= 0.3 is 0 Å². The number of hydrogen-bond acceptors (Lipinski definition) is 4. The first-order valence-electron chi connectivity index (χ1n) is 6.50. The molecule has 0 aliphatic rings. The fraction of sp³-hybridized carbons (Fsp3) is 0.200. The second kappa shape index (κ2) is 6.60. The lowest BCUT2D eigenvalue weighted by Gasteiger charge is -2.13. The highest BCUT2D eigenvalue weighted by atomic mass is 16.6. The van der Waals surface area contributed by atoms with Gasteiger partial charge in [0.15, 0.2) is 0 Å². The summed E-state index contributed by atoms with van der Waals surface area (Å²) in [7, 11) is 0. The number of pyridine rings is 1. The van der Waals surface area contributed by atoms with Crippen LogP contribution in [0.5, 0.6) is 0 Å². The Kier molecular flexibility index (Phi) is 4.61. The van der Waals surface area contributed by atoms with Gasteiger partial charge in [-0.3, -0.25) is 19.9 Å². The molecule has 0 aliphatic heterocycles. The van der Waals surface area contributed by atoms with Crippen LogP contribution in [0.3, 0.4) is 0 Å². The minimum absolute atomic E-state index is 0.0334. The molecule has 0 radical (unpaired) electrons. The zero-order chi connectivity index (χ0) is 15.2. The number of para-hydroxylation sites is 1. The summed E-state index contributed by atoms with van der Waals surface area (Å²) in [5.74, 6) is -0.276. The van der Waals surface area contributed by atoms with Gasteiger partial charge in [-0.05, 0) is 19.1 Å². The van der Waals surface area contributed by atoms with E-state index in [0.717, 1.165) is 5.69 Å². The van der Waals surface area contributed by atoms with Gasteiger partial charge in [-0.25, -0.2) is 0 Å². The van der Waals surface area contributed by atoms with Crippen LogP contribution in [0.4, 0.5) is 5.69 Å². The van der Waals surface area contributed by atoms with Gasteiger partial charge in [0.1, 0.15) is 0 Å². The molecule has 2 aromatic rings. The number of nitrogens with zero attached hydrogens (tertiary/aromatic N) is 2. The standard InChI is InChI=1S/C15H15N3O3/c1-11(13-7-4-5-9-16-13)17-15(19)10-12-6-2-3-8-14(12)18(20)21/h2-9,11H,10H2,1H3,(H,17,19). The maximum Gasteiger partial charge on any atom is 0.273 e.